The summed E-state index contributed by atoms with van der Waals surface area (Å²) in [6.45, 7) is 4.02. The van der Waals surface area contributed by atoms with Gasteiger partial charge in [-0.3, -0.25) is 0 Å². The molecule has 0 saturated carbocycles. The van der Waals surface area contributed by atoms with E-state index in [1.807, 2.05) is 44.2 Å². The summed E-state index contributed by atoms with van der Waals surface area (Å²) in [7, 11) is -0.905. The number of hydrogen-bond donors (Lipinski definition) is 0. The number of ether oxygens (including phenoxy) is 3. The zero-order valence-corrected chi connectivity index (χ0v) is 18.3. The van der Waals surface area contributed by atoms with Crippen molar-refractivity contribution >= 4 is 16.1 Å². The summed E-state index contributed by atoms with van der Waals surface area (Å²) >= 11 is 0. The highest BCUT2D eigenvalue weighted by Gasteiger charge is 2.27. The maximum atomic E-state index is 13.3. The number of sulfonamides is 1. The summed E-state index contributed by atoms with van der Waals surface area (Å²) in [6.07, 6.45) is 9.42. The highest BCUT2D eigenvalue weighted by molar-refractivity contribution is 7.89. The average Bonchev–Trinajstić information content (AvgIpc) is 2.72. The molecule has 0 fully saturated rings. The fourth-order valence-electron chi connectivity index (χ4n) is 3.18. The summed E-state index contributed by atoms with van der Waals surface area (Å²) in [4.78, 5) is 0.0818. The molecule has 30 heavy (non-hydrogen) atoms. The van der Waals surface area contributed by atoms with E-state index >= 15 is 0 Å². The van der Waals surface area contributed by atoms with Gasteiger partial charge in [0.1, 0.15) is 11.4 Å². The first-order valence-corrected chi connectivity index (χ1v) is 10.8. The molecule has 0 bridgehead atoms. The van der Waals surface area contributed by atoms with E-state index in [1.54, 1.807) is 6.07 Å². The number of methoxy groups -OCH3 is 2. The van der Waals surface area contributed by atoms with Gasteiger partial charge in [-0.15, -0.1) is 6.42 Å². The largest absolute Gasteiger partial charge is 0.493 e. The number of terminal acetylenes is 1. The molecule has 0 amide bonds. The van der Waals surface area contributed by atoms with Crippen molar-refractivity contribution in [2.24, 2.45) is 0 Å². The quantitative estimate of drug-likeness (QED) is 0.631. The third kappa shape index (κ3) is 4.45. The van der Waals surface area contributed by atoms with Crippen LogP contribution in [0.3, 0.4) is 0 Å². The predicted molar refractivity (Wildman–Crippen MR) is 116 cm³/mol. The van der Waals surface area contributed by atoms with E-state index in [4.69, 9.17) is 20.6 Å². The molecule has 0 spiro atoms. The van der Waals surface area contributed by atoms with Gasteiger partial charge in [0, 0.05) is 18.2 Å². The lowest BCUT2D eigenvalue weighted by molar-refractivity contribution is 0.159. The van der Waals surface area contributed by atoms with E-state index < -0.39 is 10.0 Å². The number of nitrogens with zero attached hydrogens (tertiary/aromatic N) is 1. The van der Waals surface area contributed by atoms with Crippen LogP contribution in [0, 0.1) is 12.3 Å². The number of rotatable bonds is 7. The molecule has 7 heteroatoms. The lowest BCUT2D eigenvalue weighted by atomic mass is 10.0. The van der Waals surface area contributed by atoms with Gasteiger partial charge in [0.25, 0.3) is 0 Å². The third-order valence-corrected chi connectivity index (χ3v) is 6.52. The van der Waals surface area contributed by atoms with Gasteiger partial charge >= 0.3 is 0 Å². The molecule has 2 aromatic carbocycles. The zero-order valence-electron chi connectivity index (χ0n) is 17.5. The second-order valence-electron chi connectivity index (χ2n) is 7.41. The first-order chi connectivity index (χ1) is 14.2. The topological polar surface area (TPSA) is 65.1 Å². The van der Waals surface area contributed by atoms with E-state index in [2.05, 4.69) is 5.92 Å². The number of fused-ring (bicyclic) bond motifs is 1. The SMILES string of the molecule is C#CCN(Cc1ccc2c(c1)C=CC(C)(C)O2)S(=O)(=O)c1ccc(OC)c(OC)c1. The lowest BCUT2D eigenvalue weighted by Crippen LogP contribution is -2.31. The summed E-state index contributed by atoms with van der Waals surface area (Å²) in [6, 6.07) is 10.1. The van der Waals surface area contributed by atoms with Crippen molar-refractivity contribution in [1.29, 1.82) is 0 Å². The molecule has 0 radical (unpaired) electrons. The van der Waals surface area contributed by atoms with E-state index in [0.717, 1.165) is 16.9 Å². The zero-order chi connectivity index (χ0) is 21.9. The van der Waals surface area contributed by atoms with Crippen molar-refractivity contribution in [3.63, 3.8) is 0 Å². The van der Waals surface area contributed by atoms with Gasteiger partial charge in [0.05, 0.1) is 25.7 Å². The van der Waals surface area contributed by atoms with Crippen molar-refractivity contribution < 1.29 is 22.6 Å². The summed E-state index contributed by atoms with van der Waals surface area (Å²) in [5, 5.41) is 0. The van der Waals surface area contributed by atoms with Crippen molar-refractivity contribution in [3.05, 3.63) is 53.6 Å². The maximum Gasteiger partial charge on any atom is 0.244 e. The second kappa shape index (κ2) is 8.42. The third-order valence-electron chi connectivity index (χ3n) is 4.73. The molecule has 1 heterocycles. The van der Waals surface area contributed by atoms with E-state index in [-0.39, 0.29) is 23.6 Å². The highest BCUT2D eigenvalue weighted by atomic mass is 32.2. The summed E-state index contributed by atoms with van der Waals surface area (Å²) in [5.74, 6) is 3.98. The molecule has 6 nitrogen and oxygen atoms in total. The molecule has 0 unspecified atom stereocenters. The van der Waals surface area contributed by atoms with Crippen LogP contribution in [-0.2, 0) is 16.6 Å². The minimum Gasteiger partial charge on any atom is -0.493 e. The minimum atomic E-state index is -3.85. The van der Waals surface area contributed by atoms with Gasteiger partial charge in [-0.25, -0.2) is 8.42 Å². The van der Waals surface area contributed by atoms with Gasteiger partial charge in [-0.1, -0.05) is 18.1 Å². The first kappa shape index (κ1) is 21.8. The minimum absolute atomic E-state index is 0.0624. The second-order valence-corrected chi connectivity index (χ2v) is 9.34. The van der Waals surface area contributed by atoms with Crippen LogP contribution in [0.15, 0.2) is 47.4 Å². The van der Waals surface area contributed by atoms with E-state index in [1.165, 1.54) is 30.7 Å². The van der Waals surface area contributed by atoms with Crippen LogP contribution in [0.5, 0.6) is 17.2 Å². The standard InChI is InChI=1S/C23H25NO5S/c1-6-13-24(30(25,26)19-8-10-21(27-4)22(15-19)28-5)16-17-7-9-20-18(14-17)11-12-23(2,3)29-20/h1,7-12,14-15H,13,16H2,2-5H3. The maximum absolute atomic E-state index is 13.3. The monoisotopic (exact) mass is 427 g/mol. The van der Waals surface area contributed by atoms with Crippen LogP contribution >= 0.6 is 0 Å². The molecule has 158 valence electrons. The van der Waals surface area contributed by atoms with Gasteiger partial charge in [0.15, 0.2) is 11.5 Å². The molecule has 0 saturated heterocycles. The molecule has 0 atom stereocenters. The Morgan fingerprint density at radius 2 is 1.83 bits per heavy atom. The molecule has 0 aromatic heterocycles. The van der Waals surface area contributed by atoms with Crippen molar-refractivity contribution in [3.8, 4) is 29.6 Å². The first-order valence-electron chi connectivity index (χ1n) is 9.37. The van der Waals surface area contributed by atoms with E-state index in [9.17, 15) is 8.42 Å². The van der Waals surface area contributed by atoms with Gasteiger partial charge in [0.2, 0.25) is 10.0 Å². The summed E-state index contributed by atoms with van der Waals surface area (Å²) in [5.41, 5.74) is 1.33. The Bertz CT molecular complexity index is 1110. The smallest absolute Gasteiger partial charge is 0.244 e. The molecule has 1 aliphatic heterocycles. The van der Waals surface area contributed by atoms with Gasteiger partial charge in [-0.05, 0) is 49.8 Å². The van der Waals surface area contributed by atoms with Crippen LogP contribution in [0.1, 0.15) is 25.0 Å². The normalized spacial score (nSPS) is 14.5. The van der Waals surface area contributed by atoms with Crippen LogP contribution in [-0.4, -0.2) is 39.1 Å². The predicted octanol–water partition coefficient (Wildman–Crippen LogP) is 3.71. The van der Waals surface area contributed by atoms with Crippen molar-refractivity contribution in [2.75, 3.05) is 20.8 Å². The number of benzene rings is 2. The average molecular weight is 428 g/mol. The van der Waals surface area contributed by atoms with Gasteiger partial charge in [-0.2, -0.15) is 4.31 Å². The Morgan fingerprint density at radius 3 is 2.50 bits per heavy atom. The highest BCUT2D eigenvalue weighted by Crippen LogP contribution is 2.33. The Balaban J connectivity index is 1.92. The van der Waals surface area contributed by atoms with E-state index in [0.29, 0.717) is 11.5 Å². The lowest BCUT2D eigenvalue weighted by Gasteiger charge is -2.28. The Labute approximate surface area is 178 Å². The Hall–Kier alpha value is -2.95. The molecular formula is C23H25NO5S. The number of hydrogen-bond acceptors (Lipinski definition) is 5. The van der Waals surface area contributed by atoms with Crippen LogP contribution < -0.4 is 14.2 Å². The molecule has 3 rings (SSSR count). The fraction of sp³-hybridized carbons (Fsp3) is 0.304. The van der Waals surface area contributed by atoms with Gasteiger partial charge < -0.3 is 14.2 Å². The van der Waals surface area contributed by atoms with Crippen molar-refractivity contribution in [1.82, 2.24) is 4.31 Å². The Kier molecular flexibility index (Phi) is 6.11. The van der Waals surface area contributed by atoms with Crippen LogP contribution in [0.2, 0.25) is 0 Å². The molecule has 0 N–H and O–H groups in total. The van der Waals surface area contributed by atoms with Crippen LogP contribution in [0.25, 0.3) is 6.08 Å². The molecule has 2 aromatic rings. The van der Waals surface area contributed by atoms with Crippen molar-refractivity contribution in [2.45, 2.75) is 30.9 Å². The Morgan fingerprint density at radius 1 is 1.10 bits per heavy atom. The fourth-order valence-corrected chi connectivity index (χ4v) is 4.54. The molecule has 0 aliphatic carbocycles. The molecule has 1 aliphatic rings. The molecular weight excluding hydrogens is 402 g/mol. The van der Waals surface area contributed by atoms with Crippen LogP contribution in [0.4, 0.5) is 0 Å². The summed E-state index contributed by atoms with van der Waals surface area (Å²) < 4.78 is 44.1.